The SMILES string of the molecule is O=C(c1cn2cccnc2n1)N(CCc1cccc(F)c1)C1CC1. The first-order chi connectivity index (χ1) is 11.7. The maximum atomic E-state index is 13.3. The molecule has 2 heterocycles. The van der Waals surface area contributed by atoms with E-state index < -0.39 is 0 Å². The zero-order valence-electron chi connectivity index (χ0n) is 13.1. The van der Waals surface area contributed by atoms with Gasteiger partial charge < -0.3 is 4.90 Å². The van der Waals surface area contributed by atoms with E-state index >= 15 is 0 Å². The fourth-order valence-electron chi connectivity index (χ4n) is 2.86. The van der Waals surface area contributed by atoms with E-state index in [0.29, 0.717) is 24.4 Å². The molecule has 4 rings (SSSR count). The lowest BCUT2D eigenvalue weighted by Crippen LogP contribution is -2.35. The third-order valence-electron chi connectivity index (χ3n) is 4.23. The molecule has 1 fully saturated rings. The molecule has 6 heteroatoms. The fraction of sp³-hybridized carbons (Fsp3) is 0.278. The number of aromatic nitrogens is 3. The van der Waals surface area contributed by atoms with Gasteiger partial charge in [0.15, 0.2) is 0 Å². The molecule has 3 aromatic rings. The Balaban J connectivity index is 1.53. The van der Waals surface area contributed by atoms with Crippen LogP contribution in [0.2, 0.25) is 0 Å². The van der Waals surface area contributed by atoms with E-state index in [4.69, 9.17) is 0 Å². The van der Waals surface area contributed by atoms with Gasteiger partial charge in [-0.05, 0) is 43.0 Å². The highest BCUT2D eigenvalue weighted by Gasteiger charge is 2.33. The van der Waals surface area contributed by atoms with E-state index in [1.165, 1.54) is 12.1 Å². The molecule has 1 aromatic carbocycles. The van der Waals surface area contributed by atoms with Gasteiger partial charge in [-0.2, -0.15) is 0 Å². The number of fused-ring (bicyclic) bond motifs is 1. The maximum Gasteiger partial charge on any atom is 0.274 e. The molecule has 1 amide bonds. The molecular formula is C18H17FN4O. The van der Waals surface area contributed by atoms with E-state index in [9.17, 15) is 9.18 Å². The quantitative estimate of drug-likeness (QED) is 0.725. The van der Waals surface area contributed by atoms with E-state index in [1.54, 1.807) is 28.9 Å². The molecule has 2 aromatic heterocycles. The Bertz CT molecular complexity index is 854. The van der Waals surface area contributed by atoms with Crippen LogP contribution >= 0.6 is 0 Å². The molecule has 5 nitrogen and oxygen atoms in total. The lowest BCUT2D eigenvalue weighted by molar-refractivity contribution is 0.0740. The Labute approximate surface area is 138 Å². The number of hydrogen-bond acceptors (Lipinski definition) is 3. The minimum atomic E-state index is -0.247. The number of carbonyl (C=O) groups excluding carboxylic acids is 1. The molecule has 1 aliphatic rings. The largest absolute Gasteiger partial charge is 0.334 e. The van der Waals surface area contributed by atoms with Gasteiger partial charge in [0, 0.05) is 31.2 Å². The molecule has 0 unspecified atom stereocenters. The van der Waals surface area contributed by atoms with Crippen LogP contribution in [0.5, 0.6) is 0 Å². The lowest BCUT2D eigenvalue weighted by Gasteiger charge is -2.21. The minimum Gasteiger partial charge on any atom is -0.334 e. The summed E-state index contributed by atoms with van der Waals surface area (Å²) in [6, 6.07) is 8.59. The number of rotatable bonds is 5. The average molecular weight is 324 g/mol. The van der Waals surface area contributed by atoms with Crippen LogP contribution in [0.15, 0.2) is 48.9 Å². The third-order valence-corrected chi connectivity index (χ3v) is 4.23. The molecule has 0 bridgehead atoms. The highest BCUT2D eigenvalue weighted by molar-refractivity contribution is 5.93. The van der Waals surface area contributed by atoms with Gasteiger partial charge in [0.1, 0.15) is 11.5 Å². The first-order valence-corrected chi connectivity index (χ1v) is 8.06. The molecule has 0 N–H and O–H groups in total. The second-order valence-electron chi connectivity index (χ2n) is 6.06. The smallest absolute Gasteiger partial charge is 0.274 e. The fourth-order valence-corrected chi connectivity index (χ4v) is 2.86. The highest BCUT2D eigenvalue weighted by Crippen LogP contribution is 2.28. The number of hydrogen-bond donors (Lipinski definition) is 0. The molecule has 0 spiro atoms. The summed E-state index contributed by atoms with van der Waals surface area (Å²) in [5, 5.41) is 0. The molecular weight excluding hydrogens is 307 g/mol. The Kier molecular flexibility index (Phi) is 3.72. The Morgan fingerprint density at radius 1 is 1.33 bits per heavy atom. The highest BCUT2D eigenvalue weighted by atomic mass is 19.1. The summed E-state index contributed by atoms with van der Waals surface area (Å²) in [4.78, 5) is 23.1. The second-order valence-corrected chi connectivity index (χ2v) is 6.06. The van der Waals surface area contributed by atoms with Gasteiger partial charge in [0.25, 0.3) is 5.91 Å². The summed E-state index contributed by atoms with van der Waals surface area (Å²) in [7, 11) is 0. The predicted molar refractivity (Wildman–Crippen MR) is 87.1 cm³/mol. The van der Waals surface area contributed by atoms with Gasteiger partial charge >= 0.3 is 0 Å². The normalized spacial score (nSPS) is 14.0. The van der Waals surface area contributed by atoms with Crippen molar-refractivity contribution in [2.75, 3.05) is 6.54 Å². The number of halogens is 1. The van der Waals surface area contributed by atoms with Gasteiger partial charge in [-0.15, -0.1) is 0 Å². The molecule has 122 valence electrons. The standard InChI is InChI=1S/C18H17FN4O/c19-14-4-1-3-13(11-14)7-10-23(15-5-6-15)17(24)16-12-22-9-2-8-20-18(22)21-16/h1-4,8-9,11-12,15H,5-7,10H2. The third kappa shape index (κ3) is 2.99. The van der Waals surface area contributed by atoms with Crippen LogP contribution in [0.4, 0.5) is 4.39 Å². The number of nitrogens with zero attached hydrogens (tertiary/aromatic N) is 4. The molecule has 0 saturated heterocycles. The van der Waals surface area contributed by atoms with Crippen LogP contribution < -0.4 is 0 Å². The van der Waals surface area contributed by atoms with Crippen molar-refractivity contribution in [3.05, 3.63) is 66.0 Å². The monoisotopic (exact) mass is 324 g/mol. The first kappa shape index (κ1) is 14.8. The van der Waals surface area contributed by atoms with Crippen molar-refractivity contribution in [1.29, 1.82) is 0 Å². The van der Waals surface area contributed by atoms with Crippen molar-refractivity contribution in [1.82, 2.24) is 19.3 Å². The van der Waals surface area contributed by atoms with E-state index in [-0.39, 0.29) is 17.8 Å². The van der Waals surface area contributed by atoms with Crippen molar-refractivity contribution in [2.24, 2.45) is 0 Å². The van der Waals surface area contributed by atoms with Crippen molar-refractivity contribution in [3.63, 3.8) is 0 Å². The number of benzene rings is 1. The van der Waals surface area contributed by atoms with E-state index in [2.05, 4.69) is 9.97 Å². The van der Waals surface area contributed by atoms with Gasteiger partial charge in [-0.1, -0.05) is 12.1 Å². The van der Waals surface area contributed by atoms with Crippen LogP contribution in [0.3, 0.4) is 0 Å². The summed E-state index contributed by atoms with van der Waals surface area (Å²) in [6.45, 7) is 0.564. The van der Waals surface area contributed by atoms with Crippen molar-refractivity contribution in [2.45, 2.75) is 25.3 Å². The summed E-state index contributed by atoms with van der Waals surface area (Å²) >= 11 is 0. The predicted octanol–water partition coefficient (Wildman–Crippen LogP) is 2.72. The van der Waals surface area contributed by atoms with Crippen LogP contribution in [-0.4, -0.2) is 37.8 Å². The number of amides is 1. The summed E-state index contributed by atoms with van der Waals surface area (Å²) in [6.07, 6.45) is 7.84. The van der Waals surface area contributed by atoms with Crippen LogP contribution in [0.25, 0.3) is 5.78 Å². The zero-order valence-corrected chi connectivity index (χ0v) is 13.1. The Hall–Kier alpha value is -2.76. The van der Waals surface area contributed by atoms with Gasteiger partial charge in [-0.25, -0.2) is 14.4 Å². The second kappa shape index (κ2) is 6.03. The minimum absolute atomic E-state index is 0.0839. The summed E-state index contributed by atoms with van der Waals surface area (Å²) in [5.74, 6) is 0.185. The lowest BCUT2D eigenvalue weighted by atomic mass is 10.1. The van der Waals surface area contributed by atoms with E-state index in [0.717, 1.165) is 18.4 Å². The molecule has 1 aliphatic carbocycles. The molecule has 1 saturated carbocycles. The van der Waals surface area contributed by atoms with Crippen LogP contribution in [-0.2, 0) is 6.42 Å². The molecule has 0 aliphatic heterocycles. The van der Waals surface area contributed by atoms with Crippen molar-refractivity contribution in [3.8, 4) is 0 Å². The van der Waals surface area contributed by atoms with E-state index in [1.807, 2.05) is 17.2 Å². The Morgan fingerprint density at radius 2 is 2.21 bits per heavy atom. The summed E-state index contributed by atoms with van der Waals surface area (Å²) in [5.41, 5.74) is 1.30. The first-order valence-electron chi connectivity index (χ1n) is 8.06. The van der Waals surface area contributed by atoms with Crippen LogP contribution in [0, 0.1) is 5.82 Å². The van der Waals surface area contributed by atoms with Gasteiger partial charge in [0.2, 0.25) is 5.78 Å². The van der Waals surface area contributed by atoms with Crippen LogP contribution in [0.1, 0.15) is 28.9 Å². The number of carbonyl (C=O) groups is 1. The van der Waals surface area contributed by atoms with Gasteiger partial charge in [-0.3, -0.25) is 9.20 Å². The van der Waals surface area contributed by atoms with Crippen molar-refractivity contribution < 1.29 is 9.18 Å². The van der Waals surface area contributed by atoms with Crippen molar-refractivity contribution >= 4 is 11.7 Å². The summed E-state index contributed by atoms with van der Waals surface area (Å²) < 4.78 is 15.0. The molecule has 0 atom stereocenters. The molecule has 0 radical (unpaired) electrons. The maximum absolute atomic E-state index is 13.3. The number of imidazole rings is 1. The Morgan fingerprint density at radius 3 is 2.96 bits per heavy atom. The topological polar surface area (TPSA) is 50.5 Å². The zero-order chi connectivity index (χ0) is 16.5. The average Bonchev–Trinajstić information content (AvgIpc) is 3.32. The van der Waals surface area contributed by atoms with Gasteiger partial charge in [0.05, 0.1) is 0 Å². The molecule has 24 heavy (non-hydrogen) atoms.